The van der Waals surface area contributed by atoms with E-state index in [0.717, 1.165) is 71.0 Å². The largest absolute Gasteiger partial charge is 0.462 e. The van der Waals surface area contributed by atoms with Crippen LogP contribution in [0.2, 0.25) is 0 Å². The highest BCUT2D eigenvalue weighted by molar-refractivity contribution is 5.76. The summed E-state index contributed by atoms with van der Waals surface area (Å²) < 4.78 is 6.25. The summed E-state index contributed by atoms with van der Waals surface area (Å²) in [6.07, 6.45) is 73.8. The summed E-state index contributed by atoms with van der Waals surface area (Å²) in [4.78, 5) is 30.7. The van der Waals surface area contributed by atoms with Crippen molar-refractivity contribution >= 4 is 11.9 Å². The predicted molar refractivity (Wildman–Crippen MR) is 310 cm³/mol. The van der Waals surface area contributed by atoms with Crippen LogP contribution in [0.3, 0.4) is 0 Å². The Morgan fingerprint density at radius 3 is 1.13 bits per heavy atom. The van der Waals surface area contributed by atoms with Crippen LogP contribution in [0.15, 0.2) is 72.9 Å². The molecule has 1 unspecified atom stereocenters. The second kappa shape index (κ2) is 57.2. The van der Waals surface area contributed by atoms with Gasteiger partial charge in [0.1, 0.15) is 6.10 Å². The molecule has 70 heavy (non-hydrogen) atoms. The van der Waals surface area contributed by atoms with E-state index in [1.54, 1.807) is 0 Å². The van der Waals surface area contributed by atoms with Crippen molar-refractivity contribution in [2.45, 2.75) is 277 Å². The van der Waals surface area contributed by atoms with Crippen LogP contribution in [0.4, 0.5) is 0 Å². The number of ether oxygens (including phenoxy) is 1. The normalized spacial score (nSPS) is 12.8. The number of carbonyl (C=O) groups excluding carboxylic acids is 2. The number of hydrogen-bond donors (Lipinski definition) is 1. The van der Waals surface area contributed by atoms with Gasteiger partial charge in [0.05, 0.1) is 6.42 Å². The first kappa shape index (κ1) is 67.3. The summed E-state index contributed by atoms with van der Waals surface area (Å²) in [7, 11) is 4.16. The Bertz CT molecular complexity index is 1280. The highest BCUT2D eigenvalue weighted by Crippen LogP contribution is 2.18. The summed E-state index contributed by atoms with van der Waals surface area (Å²) in [6.45, 7) is 10.6. The quantitative estimate of drug-likeness (QED) is 0.0374. The van der Waals surface area contributed by atoms with Gasteiger partial charge in [-0.15, -0.1) is 0 Å². The lowest BCUT2D eigenvalue weighted by Crippen LogP contribution is -2.37. The minimum Gasteiger partial charge on any atom is -0.462 e. The van der Waals surface area contributed by atoms with E-state index in [1.807, 2.05) is 0 Å². The van der Waals surface area contributed by atoms with Crippen LogP contribution in [-0.4, -0.2) is 74.6 Å². The van der Waals surface area contributed by atoms with Crippen LogP contribution in [-0.2, 0) is 14.3 Å². The van der Waals surface area contributed by atoms with Crippen LogP contribution in [0.5, 0.6) is 0 Å². The topological polar surface area (TPSA) is 61.9 Å². The lowest BCUT2D eigenvalue weighted by atomic mass is 10.0. The first-order valence-corrected chi connectivity index (χ1v) is 30.2. The zero-order chi connectivity index (χ0) is 50.9. The number of hydrogen-bond acceptors (Lipinski definition) is 5. The molecule has 0 spiro atoms. The lowest BCUT2D eigenvalue weighted by molar-refractivity contribution is -0.150. The van der Waals surface area contributed by atoms with Crippen LogP contribution in [0.25, 0.3) is 0 Å². The molecule has 1 N–H and O–H groups in total. The molecule has 0 bridgehead atoms. The van der Waals surface area contributed by atoms with Gasteiger partial charge in [-0.3, -0.25) is 9.59 Å². The molecule has 6 heteroatoms. The fourth-order valence-electron chi connectivity index (χ4n) is 8.67. The minimum absolute atomic E-state index is 0.0110. The second-order valence-electron chi connectivity index (χ2n) is 20.6. The molecule has 0 heterocycles. The Balaban J connectivity index is 4.67. The molecule has 0 aliphatic heterocycles. The average molecular weight is 977 g/mol. The monoisotopic (exact) mass is 976 g/mol. The van der Waals surface area contributed by atoms with E-state index in [0.29, 0.717) is 25.9 Å². The Morgan fingerprint density at radius 2 is 0.743 bits per heavy atom. The van der Waals surface area contributed by atoms with Crippen molar-refractivity contribution in [3.63, 3.8) is 0 Å². The maximum atomic E-state index is 13.4. The molecule has 0 aromatic heterocycles. The number of rotatable bonds is 54. The second-order valence-corrected chi connectivity index (χ2v) is 20.6. The first-order valence-electron chi connectivity index (χ1n) is 30.2. The summed E-state index contributed by atoms with van der Waals surface area (Å²) >= 11 is 0. The molecule has 0 aliphatic carbocycles. The van der Waals surface area contributed by atoms with E-state index in [9.17, 15) is 9.59 Å². The van der Waals surface area contributed by atoms with E-state index in [1.165, 1.54) is 186 Å². The Kier molecular flexibility index (Phi) is 55.0. The number of allylic oxidation sites excluding steroid dienone is 12. The molecule has 0 aromatic carbocycles. The number of carbonyl (C=O) groups is 2. The average Bonchev–Trinajstić information content (AvgIpc) is 3.35. The lowest BCUT2D eigenvalue weighted by Gasteiger charge is -2.24. The van der Waals surface area contributed by atoms with Crippen LogP contribution < -0.4 is 5.32 Å². The van der Waals surface area contributed by atoms with Crippen LogP contribution in [0, 0.1) is 0 Å². The number of esters is 1. The summed E-state index contributed by atoms with van der Waals surface area (Å²) in [6, 6.07) is 0. The zero-order valence-electron chi connectivity index (χ0n) is 47.2. The van der Waals surface area contributed by atoms with E-state index in [2.05, 4.69) is 123 Å². The van der Waals surface area contributed by atoms with Crippen LogP contribution >= 0.6 is 0 Å². The number of nitrogens with zero attached hydrogens (tertiary/aromatic N) is 2. The van der Waals surface area contributed by atoms with Gasteiger partial charge in [0.15, 0.2) is 0 Å². The Hall–Kier alpha value is -2.70. The summed E-state index contributed by atoms with van der Waals surface area (Å²) in [5, 5.41) is 3.16. The molecule has 1 amide bonds. The predicted octanol–water partition coefficient (Wildman–Crippen LogP) is 18.5. The highest BCUT2D eigenvalue weighted by Gasteiger charge is 2.17. The molecule has 0 rings (SSSR count). The Morgan fingerprint density at radius 1 is 0.400 bits per heavy atom. The molecule has 0 saturated heterocycles. The van der Waals surface area contributed by atoms with Crippen molar-refractivity contribution in [3.8, 4) is 0 Å². The molecule has 6 nitrogen and oxygen atoms in total. The fraction of sp³-hybridized carbons (Fsp3) is 0.781. The number of unbranched alkanes of at least 4 members (excludes halogenated alkanes) is 26. The fourth-order valence-corrected chi connectivity index (χ4v) is 8.67. The molecule has 0 saturated carbocycles. The molecule has 0 fully saturated rings. The van der Waals surface area contributed by atoms with Gasteiger partial charge in [-0.2, -0.15) is 0 Å². The van der Waals surface area contributed by atoms with Crippen molar-refractivity contribution in [1.82, 2.24) is 15.1 Å². The molecule has 0 aliphatic rings. The third kappa shape index (κ3) is 54.6. The maximum Gasteiger partial charge on any atom is 0.307 e. The van der Waals surface area contributed by atoms with E-state index < -0.39 is 0 Å². The van der Waals surface area contributed by atoms with Crippen molar-refractivity contribution in [2.75, 3.05) is 46.8 Å². The maximum absolute atomic E-state index is 13.4. The van der Waals surface area contributed by atoms with Crippen molar-refractivity contribution in [2.24, 2.45) is 0 Å². The molecule has 1 atom stereocenters. The van der Waals surface area contributed by atoms with E-state index >= 15 is 0 Å². The van der Waals surface area contributed by atoms with Crippen molar-refractivity contribution in [3.05, 3.63) is 72.9 Å². The van der Waals surface area contributed by atoms with Gasteiger partial charge in [0.25, 0.3) is 0 Å². The third-order valence-corrected chi connectivity index (χ3v) is 13.4. The number of likely N-dealkylation sites (N-methyl/N-ethyl adjacent to an activating group) is 1. The minimum atomic E-state index is -0.0793. The third-order valence-electron chi connectivity index (χ3n) is 13.4. The van der Waals surface area contributed by atoms with Crippen LogP contribution in [0.1, 0.15) is 271 Å². The molecule has 0 radical (unpaired) electrons. The molecule has 406 valence electrons. The highest BCUT2D eigenvalue weighted by atomic mass is 16.5. The summed E-state index contributed by atoms with van der Waals surface area (Å²) in [5.41, 5.74) is 0. The van der Waals surface area contributed by atoms with E-state index in [4.69, 9.17) is 4.74 Å². The first-order chi connectivity index (χ1) is 34.4. The van der Waals surface area contributed by atoms with Crippen molar-refractivity contribution < 1.29 is 14.3 Å². The van der Waals surface area contributed by atoms with Gasteiger partial charge in [-0.1, -0.05) is 203 Å². The Labute approximate surface area is 436 Å². The van der Waals surface area contributed by atoms with Gasteiger partial charge in [0.2, 0.25) is 5.91 Å². The molecule has 0 aromatic rings. The van der Waals surface area contributed by atoms with Gasteiger partial charge in [-0.25, -0.2) is 0 Å². The zero-order valence-corrected chi connectivity index (χ0v) is 47.2. The van der Waals surface area contributed by atoms with E-state index in [-0.39, 0.29) is 18.0 Å². The van der Waals surface area contributed by atoms with Gasteiger partial charge < -0.3 is 19.9 Å². The molecular formula is C64H117N3O3. The standard InChI is InChI=1S/C64H117N3O3/c1-6-9-12-15-18-21-24-27-30-33-36-39-42-45-48-51-54-62(53-50-47-44-41-38-35-32-29-26-23-20-17-14-11-8-3)70-64(69)56-59-67(61-60-66(4)5)58-55-63(68)65-57-52-49-46-43-40-37-34-31-28-25-22-19-16-13-10-7-2/h18-23,27-32,62H,6-17,24-26,33-61H2,1-5H3,(H,65,68)/b21-18-,22-19-,23-20-,30-27-,31-28-,32-29-. The van der Waals surface area contributed by atoms with Gasteiger partial charge >= 0.3 is 5.97 Å². The summed E-state index contributed by atoms with van der Waals surface area (Å²) in [5.74, 6) is 0.0371. The smallest absolute Gasteiger partial charge is 0.307 e. The number of amides is 1. The van der Waals surface area contributed by atoms with Crippen molar-refractivity contribution in [1.29, 1.82) is 0 Å². The van der Waals surface area contributed by atoms with Gasteiger partial charge in [0, 0.05) is 39.1 Å². The SMILES string of the molecule is CCCCC/C=C\C/C=C\CCCCCCCCNC(=O)CCN(CCC(=O)OC(CCCCCCC/C=C\C/C=C\CCCCC)CCCCCCCC/C=C\C/C=C\CCCCC)CCN(C)C. The number of nitrogens with one attached hydrogen (secondary N) is 1. The van der Waals surface area contributed by atoms with Gasteiger partial charge in [-0.05, 0) is 143 Å². The molecular weight excluding hydrogens is 859 g/mol.